The van der Waals surface area contributed by atoms with Crippen LogP contribution in [-0.2, 0) is 14.3 Å². The quantitative estimate of drug-likeness (QED) is 0.634. The molecule has 1 rings (SSSR count). The van der Waals surface area contributed by atoms with E-state index in [0.717, 1.165) is 45.5 Å². The number of carbonyl (C=O) groups is 1. The summed E-state index contributed by atoms with van der Waals surface area (Å²) in [6, 6.07) is -0.391. The molecular weight excluding hydrogens is 292 g/mol. The van der Waals surface area contributed by atoms with Crippen LogP contribution in [0, 0.1) is 11.8 Å². The van der Waals surface area contributed by atoms with E-state index in [2.05, 4.69) is 19.2 Å². The van der Waals surface area contributed by atoms with Crippen molar-refractivity contribution in [2.45, 2.75) is 45.6 Å². The average Bonchev–Trinajstić information content (AvgIpc) is 2.42. The predicted molar refractivity (Wildman–Crippen MR) is 86.7 cm³/mol. The summed E-state index contributed by atoms with van der Waals surface area (Å²) >= 11 is 0. The Kier molecular flexibility index (Phi) is 12.0. The van der Waals surface area contributed by atoms with Gasteiger partial charge >= 0.3 is 0 Å². The molecule has 0 spiro atoms. The molecule has 0 aromatic heterocycles. The van der Waals surface area contributed by atoms with Crippen molar-refractivity contribution in [1.29, 1.82) is 0 Å². The molecule has 5 nitrogen and oxygen atoms in total. The molecule has 1 atom stereocenters. The molecule has 21 heavy (non-hydrogen) atoms. The van der Waals surface area contributed by atoms with E-state index in [1.54, 1.807) is 0 Å². The SMILES string of the molecule is CC(C)C[C@H](N)C(=O)NCCCOCC1CCOCC1.Cl. The summed E-state index contributed by atoms with van der Waals surface area (Å²) < 4.78 is 10.9. The van der Waals surface area contributed by atoms with Gasteiger partial charge in [-0.2, -0.15) is 0 Å². The maximum absolute atomic E-state index is 11.7. The highest BCUT2D eigenvalue weighted by Gasteiger charge is 2.15. The van der Waals surface area contributed by atoms with Gasteiger partial charge in [-0.1, -0.05) is 13.8 Å². The Hall–Kier alpha value is -0.360. The lowest BCUT2D eigenvalue weighted by atomic mass is 10.0. The standard InChI is InChI=1S/C15H30N2O3.ClH/c1-12(2)10-14(16)15(18)17-6-3-7-20-11-13-4-8-19-9-5-13;/h12-14H,3-11,16H2,1-2H3,(H,17,18);1H/t14-;/m0./s1. The third-order valence-corrected chi connectivity index (χ3v) is 3.52. The Morgan fingerprint density at radius 3 is 2.67 bits per heavy atom. The number of ether oxygens (including phenoxy) is 2. The third-order valence-electron chi connectivity index (χ3n) is 3.52. The second-order valence-electron chi connectivity index (χ2n) is 6.01. The van der Waals surface area contributed by atoms with Crippen molar-refractivity contribution in [2.24, 2.45) is 17.6 Å². The van der Waals surface area contributed by atoms with Crippen molar-refractivity contribution in [2.75, 3.05) is 33.0 Å². The normalized spacial score (nSPS) is 17.3. The van der Waals surface area contributed by atoms with Crippen LogP contribution in [-0.4, -0.2) is 44.9 Å². The first-order chi connectivity index (χ1) is 9.59. The van der Waals surface area contributed by atoms with Gasteiger partial charge < -0.3 is 20.5 Å². The highest BCUT2D eigenvalue weighted by Crippen LogP contribution is 2.14. The lowest BCUT2D eigenvalue weighted by Gasteiger charge is -2.21. The molecule has 3 N–H and O–H groups in total. The predicted octanol–water partition coefficient (Wildman–Crippen LogP) is 1.73. The number of hydrogen-bond donors (Lipinski definition) is 2. The first kappa shape index (κ1) is 20.6. The molecule has 6 heteroatoms. The van der Waals surface area contributed by atoms with E-state index in [1.165, 1.54) is 0 Å². The smallest absolute Gasteiger partial charge is 0.236 e. The fourth-order valence-electron chi connectivity index (χ4n) is 2.29. The van der Waals surface area contributed by atoms with E-state index in [4.69, 9.17) is 15.2 Å². The third kappa shape index (κ3) is 10.1. The van der Waals surface area contributed by atoms with Gasteiger partial charge in [-0.3, -0.25) is 4.79 Å². The van der Waals surface area contributed by atoms with Gasteiger partial charge in [-0.15, -0.1) is 12.4 Å². The van der Waals surface area contributed by atoms with E-state index >= 15 is 0 Å². The minimum absolute atomic E-state index is 0. The second kappa shape index (κ2) is 12.2. The molecule has 126 valence electrons. The Labute approximate surface area is 134 Å². The van der Waals surface area contributed by atoms with E-state index < -0.39 is 6.04 Å². The molecule has 1 saturated heterocycles. The van der Waals surface area contributed by atoms with Crippen LogP contribution in [0.5, 0.6) is 0 Å². The van der Waals surface area contributed by atoms with Crippen LogP contribution in [0.3, 0.4) is 0 Å². The van der Waals surface area contributed by atoms with Gasteiger partial charge in [0, 0.05) is 33.0 Å². The van der Waals surface area contributed by atoms with Crippen LogP contribution < -0.4 is 11.1 Å². The van der Waals surface area contributed by atoms with Gasteiger partial charge in [-0.05, 0) is 37.5 Å². The lowest BCUT2D eigenvalue weighted by molar-refractivity contribution is -0.122. The summed E-state index contributed by atoms with van der Waals surface area (Å²) in [6.07, 6.45) is 3.76. The lowest BCUT2D eigenvalue weighted by Crippen LogP contribution is -2.41. The van der Waals surface area contributed by atoms with Crippen molar-refractivity contribution < 1.29 is 14.3 Å². The first-order valence-corrected chi connectivity index (χ1v) is 7.78. The summed E-state index contributed by atoms with van der Waals surface area (Å²) in [5.41, 5.74) is 5.80. The molecule has 1 amide bonds. The highest BCUT2D eigenvalue weighted by atomic mass is 35.5. The van der Waals surface area contributed by atoms with Gasteiger partial charge in [-0.25, -0.2) is 0 Å². The maximum Gasteiger partial charge on any atom is 0.236 e. The van der Waals surface area contributed by atoms with Crippen molar-refractivity contribution in [1.82, 2.24) is 5.32 Å². The molecule has 0 aromatic rings. The van der Waals surface area contributed by atoms with E-state index in [-0.39, 0.29) is 18.3 Å². The van der Waals surface area contributed by atoms with Gasteiger partial charge in [0.25, 0.3) is 0 Å². The monoisotopic (exact) mass is 322 g/mol. The molecule has 0 unspecified atom stereocenters. The molecule has 1 aliphatic heterocycles. The topological polar surface area (TPSA) is 73.6 Å². The van der Waals surface area contributed by atoms with Gasteiger partial charge in [0.15, 0.2) is 0 Å². The summed E-state index contributed by atoms with van der Waals surface area (Å²) in [5, 5.41) is 2.86. The Morgan fingerprint density at radius 1 is 1.38 bits per heavy atom. The highest BCUT2D eigenvalue weighted by molar-refractivity contribution is 5.85. The van der Waals surface area contributed by atoms with E-state index in [1.807, 2.05) is 0 Å². The minimum atomic E-state index is -0.391. The molecule has 1 aliphatic rings. The zero-order valence-electron chi connectivity index (χ0n) is 13.3. The van der Waals surface area contributed by atoms with Crippen LogP contribution in [0.25, 0.3) is 0 Å². The van der Waals surface area contributed by atoms with Crippen molar-refractivity contribution >= 4 is 18.3 Å². The molecule has 0 bridgehead atoms. The molecule has 1 fully saturated rings. The summed E-state index contributed by atoms with van der Waals surface area (Å²) in [5.74, 6) is 1.03. The number of halogens is 1. The number of hydrogen-bond acceptors (Lipinski definition) is 4. The number of amides is 1. The van der Waals surface area contributed by atoms with Crippen LogP contribution in [0.4, 0.5) is 0 Å². The van der Waals surface area contributed by atoms with Crippen molar-refractivity contribution in [3.63, 3.8) is 0 Å². The molecule has 0 aromatic carbocycles. The Balaban J connectivity index is 0.00000400. The number of nitrogens with one attached hydrogen (secondary N) is 1. The van der Waals surface area contributed by atoms with Gasteiger partial charge in [0.1, 0.15) is 0 Å². The number of carbonyl (C=O) groups excluding carboxylic acids is 1. The minimum Gasteiger partial charge on any atom is -0.381 e. The van der Waals surface area contributed by atoms with Crippen LogP contribution in [0.1, 0.15) is 39.5 Å². The van der Waals surface area contributed by atoms with E-state index in [0.29, 0.717) is 25.0 Å². The first-order valence-electron chi connectivity index (χ1n) is 7.78. The van der Waals surface area contributed by atoms with Crippen LogP contribution in [0.15, 0.2) is 0 Å². The Morgan fingerprint density at radius 2 is 2.05 bits per heavy atom. The number of nitrogens with two attached hydrogens (primary N) is 1. The summed E-state index contributed by atoms with van der Waals surface area (Å²) in [7, 11) is 0. The van der Waals surface area contributed by atoms with Crippen molar-refractivity contribution in [3.05, 3.63) is 0 Å². The molecular formula is C15H31ClN2O3. The second-order valence-corrected chi connectivity index (χ2v) is 6.01. The molecule has 0 saturated carbocycles. The largest absolute Gasteiger partial charge is 0.381 e. The van der Waals surface area contributed by atoms with E-state index in [9.17, 15) is 4.79 Å². The fraction of sp³-hybridized carbons (Fsp3) is 0.933. The van der Waals surface area contributed by atoms with Gasteiger partial charge in [0.05, 0.1) is 6.04 Å². The average molecular weight is 323 g/mol. The van der Waals surface area contributed by atoms with Crippen molar-refractivity contribution in [3.8, 4) is 0 Å². The molecule has 0 radical (unpaired) electrons. The zero-order valence-corrected chi connectivity index (χ0v) is 14.1. The van der Waals surface area contributed by atoms with Crippen LogP contribution in [0.2, 0.25) is 0 Å². The maximum atomic E-state index is 11.7. The summed E-state index contributed by atoms with van der Waals surface area (Å²) in [6.45, 7) is 7.99. The van der Waals surface area contributed by atoms with Gasteiger partial charge in [0.2, 0.25) is 5.91 Å². The Bertz CT molecular complexity index is 272. The van der Waals surface area contributed by atoms with Crippen LogP contribution >= 0.6 is 12.4 Å². The molecule has 1 heterocycles. The number of rotatable bonds is 9. The zero-order chi connectivity index (χ0) is 14.8. The molecule has 0 aliphatic carbocycles. The fourth-order valence-corrected chi connectivity index (χ4v) is 2.29. The summed E-state index contributed by atoms with van der Waals surface area (Å²) in [4.78, 5) is 11.7.